The molecule has 6 N–H and O–H groups in total. The number of hydrogen-bond donors (Lipinski definition) is 4. The van der Waals surface area contributed by atoms with Crippen LogP contribution in [0.5, 0.6) is 5.75 Å². The van der Waals surface area contributed by atoms with Crippen LogP contribution in [-0.2, 0) is 12.8 Å². The molecule has 2 aromatic rings. The van der Waals surface area contributed by atoms with Crippen LogP contribution in [0.1, 0.15) is 21.5 Å². The molecular weight excluding hydrogens is 381 g/mol. The molecule has 0 aliphatic rings. The number of ether oxygens (including phenoxy) is 1. The molecular formula is C17H15F3N4O4. The Morgan fingerprint density at radius 3 is 2.14 bits per heavy atom. The second kappa shape index (κ2) is 8.29. The minimum absolute atomic E-state index is 0.00753. The largest absolute Gasteiger partial charge is 0.489 e. The van der Waals surface area contributed by atoms with Gasteiger partial charge in [0, 0.05) is 0 Å². The summed E-state index contributed by atoms with van der Waals surface area (Å²) < 4.78 is 43.2. The molecule has 0 unspecified atom stereocenters. The first-order valence-corrected chi connectivity index (χ1v) is 7.66. The maximum Gasteiger partial charge on any atom is 0.416 e. The molecule has 0 aliphatic heterocycles. The molecule has 5 amide bonds. The monoisotopic (exact) mass is 396 g/mol. The van der Waals surface area contributed by atoms with Gasteiger partial charge in [-0.2, -0.15) is 13.2 Å². The number of nitrogens with one attached hydrogen (secondary N) is 2. The molecule has 0 radical (unpaired) electrons. The maximum absolute atomic E-state index is 12.6. The summed E-state index contributed by atoms with van der Waals surface area (Å²) in [5.41, 5.74) is 9.45. The summed E-state index contributed by atoms with van der Waals surface area (Å²) in [4.78, 5) is 34.0. The van der Waals surface area contributed by atoms with Gasteiger partial charge in [-0.25, -0.2) is 9.59 Å². The average molecular weight is 396 g/mol. The fourth-order valence-electron chi connectivity index (χ4n) is 2.18. The van der Waals surface area contributed by atoms with Crippen LogP contribution in [-0.4, -0.2) is 18.0 Å². The van der Waals surface area contributed by atoms with Gasteiger partial charge >= 0.3 is 18.2 Å². The summed E-state index contributed by atoms with van der Waals surface area (Å²) in [5, 5.41) is 4.05. The van der Waals surface area contributed by atoms with Gasteiger partial charge in [0.1, 0.15) is 12.4 Å². The van der Waals surface area contributed by atoms with Crippen LogP contribution in [0.25, 0.3) is 0 Å². The number of alkyl halides is 3. The number of hydrogen-bond acceptors (Lipinski definition) is 4. The number of rotatable bonds is 5. The van der Waals surface area contributed by atoms with Gasteiger partial charge in [-0.05, 0) is 35.9 Å². The van der Waals surface area contributed by atoms with E-state index in [1.54, 1.807) is 0 Å². The summed E-state index contributed by atoms with van der Waals surface area (Å²) in [7, 11) is 0. The third-order valence-corrected chi connectivity index (χ3v) is 3.42. The second-order valence-corrected chi connectivity index (χ2v) is 5.50. The minimum Gasteiger partial charge on any atom is -0.489 e. The standard InChI is InChI=1S/C17H15F3N4O4/c18-17(19,20)10-3-1-9(2-4-10)8-28-11-5-6-13(23-15(21)26)12(7-11)14(25)24-16(22)27/h1-7H,8H2,(H3,21,23,26)(H3,22,24,25,27). The predicted octanol–water partition coefficient (Wildman–Crippen LogP) is 2.58. The zero-order chi connectivity index (χ0) is 20.9. The molecule has 0 atom stereocenters. The Morgan fingerprint density at radius 1 is 0.964 bits per heavy atom. The molecule has 0 bridgehead atoms. The van der Waals surface area contributed by atoms with Crippen molar-refractivity contribution in [1.29, 1.82) is 0 Å². The Morgan fingerprint density at radius 2 is 1.61 bits per heavy atom. The molecule has 2 rings (SSSR count). The van der Waals surface area contributed by atoms with E-state index in [1.807, 2.05) is 5.32 Å². The van der Waals surface area contributed by atoms with E-state index in [0.717, 1.165) is 12.1 Å². The van der Waals surface area contributed by atoms with Crippen molar-refractivity contribution in [2.75, 3.05) is 5.32 Å². The van der Waals surface area contributed by atoms with Crippen molar-refractivity contribution in [3.8, 4) is 5.75 Å². The highest BCUT2D eigenvalue weighted by atomic mass is 19.4. The lowest BCUT2D eigenvalue weighted by molar-refractivity contribution is -0.137. The number of urea groups is 2. The Balaban J connectivity index is 2.18. The second-order valence-electron chi connectivity index (χ2n) is 5.50. The number of imide groups is 1. The van der Waals surface area contributed by atoms with Gasteiger partial charge in [0.25, 0.3) is 5.91 Å². The summed E-state index contributed by atoms with van der Waals surface area (Å²) in [6.45, 7) is -0.0857. The van der Waals surface area contributed by atoms with Crippen LogP contribution in [0, 0.1) is 0 Å². The van der Waals surface area contributed by atoms with E-state index in [1.165, 1.54) is 30.3 Å². The van der Waals surface area contributed by atoms with E-state index in [4.69, 9.17) is 16.2 Å². The van der Waals surface area contributed by atoms with Gasteiger partial charge in [0.15, 0.2) is 0 Å². The average Bonchev–Trinajstić information content (AvgIpc) is 2.59. The maximum atomic E-state index is 12.6. The molecule has 0 saturated carbocycles. The van der Waals surface area contributed by atoms with Crippen LogP contribution < -0.4 is 26.8 Å². The highest BCUT2D eigenvalue weighted by Gasteiger charge is 2.29. The van der Waals surface area contributed by atoms with Crippen molar-refractivity contribution in [3.05, 3.63) is 59.2 Å². The molecule has 148 valence electrons. The zero-order valence-electron chi connectivity index (χ0n) is 14.2. The molecule has 0 heterocycles. The van der Waals surface area contributed by atoms with Gasteiger partial charge < -0.3 is 21.5 Å². The first-order chi connectivity index (χ1) is 13.1. The van der Waals surface area contributed by atoms with Crippen molar-refractivity contribution >= 4 is 23.7 Å². The number of nitrogens with two attached hydrogens (primary N) is 2. The van der Waals surface area contributed by atoms with E-state index >= 15 is 0 Å². The summed E-state index contributed by atoms with van der Waals surface area (Å²) in [6, 6.07) is 6.23. The van der Waals surface area contributed by atoms with E-state index in [0.29, 0.717) is 5.56 Å². The van der Waals surface area contributed by atoms with Crippen LogP contribution >= 0.6 is 0 Å². The molecule has 0 aliphatic carbocycles. The van der Waals surface area contributed by atoms with Crippen molar-refractivity contribution in [3.63, 3.8) is 0 Å². The topological polar surface area (TPSA) is 137 Å². The lowest BCUT2D eigenvalue weighted by atomic mass is 10.1. The number of primary amides is 2. The van der Waals surface area contributed by atoms with Gasteiger partial charge in [-0.15, -0.1) is 0 Å². The summed E-state index contributed by atoms with van der Waals surface area (Å²) in [5.74, 6) is -0.749. The van der Waals surface area contributed by atoms with Gasteiger partial charge in [-0.3, -0.25) is 10.1 Å². The minimum atomic E-state index is -4.44. The molecule has 0 fully saturated rings. The number of benzene rings is 2. The first-order valence-electron chi connectivity index (χ1n) is 7.66. The van der Waals surface area contributed by atoms with Crippen LogP contribution in [0.3, 0.4) is 0 Å². The number of amides is 5. The number of carbonyl (C=O) groups excluding carboxylic acids is 3. The lowest BCUT2D eigenvalue weighted by Gasteiger charge is -2.13. The third-order valence-electron chi connectivity index (χ3n) is 3.42. The molecule has 11 heteroatoms. The Hall–Kier alpha value is -3.76. The SMILES string of the molecule is NC(=O)NC(=O)c1cc(OCc2ccc(C(F)(F)F)cc2)ccc1NC(N)=O. The van der Waals surface area contributed by atoms with Crippen LogP contribution in [0.4, 0.5) is 28.4 Å². The molecule has 28 heavy (non-hydrogen) atoms. The fourth-order valence-corrected chi connectivity index (χ4v) is 2.18. The summed E-state index contributed by atoms with van der Waals surface area (Å²) >= 11 is 0. The third kappa shape index (κ3) is 5.62. The van der Waals surface area contributed by atoms with E-state index < -0.39 is 29.7 Å². The van der Waals surface area contributed by atoms with Crippen molar-refractivity contribution in [2.45, 2.75) is 12.8 Å². The number of anilines is 1. The van der Waals surface area contributed by atoms with Gasteiger partial charge in [0.2, 0.25) is 0 Å². The van der Waals surface area contributed by atoms with Crippen molar-refractivity contribution in [1.82, 2.24) is 5.32 Å². The fraction of sp³-hybridized carbons (Fsp3) is 0.118. The molecule has 0 saturated heterocycles. The highest BCUT2D eigenvalue weighted by molar-refractivity contribution is 6.09. The van der Waals surface area contributed by atoms with Gasteiger partial charge in [0.05, 0.1) is 16.8 Å². The molecule has 0 spiro atoms. The van der Waals surface area contributed by atoms with Crippen LogP contribution in [0.15, 0.2) is 42.5 Å². The Kier molecular flexibility index (Phi) is 6.08. The quantitative estimate of drug-likeness (QED) is 0.617. The smallest absolute Gasteiger partial charge is 0.416 e. The molecule has 8 nitrogen and oxygen atoms in total. The van der Waals surface area contributed by atoms with E-state index in [9.17, 15) is 27.6 Å². The first kappa shape index (κ1) is 20.6. The van der Waals surface area contributed by atoms with Crippen LogP contribution in [0.2, 0.25) is 0 Å². The lowest BCUT2D eigenvalue weighted by Crippen LogP contribution is -2.35. The summed E-state index contributed by atoms with van der Waals surface area (Å²) in [6.07, 6.45) is -4.44. The normalized spacial score (nSPS) is 10.8. The Bertz CT molecular complexity index is 898. The number of carbonyl (C=O) groups is 3. The Labute approximate surface area is 156 Å². The highest BCUT2D eigenvalue weighted by Crippen LogP contribution is 2.29. The number of halogens is 3. The van der Waals surface area contributed by atoms with Crippen molar-refractivity contribution in [2.24, 2.45) is 11.5 Å². The van der Waals surface area contributed by atoms with E-state index in [-0.39, 0.29) is 23.6 Å². The zero-order valence-corrected chi connectivity index (χ0v) is 14.2. The van der Waals surface area contributed by atoms with Gasteiger partial charge in [-0.1, -0.05) is 12.1 Å². The molecule has 0 aromatic heterocycles. The van der Waals surface area contributed by atoms with E-state index in [2.05, 4.69) is 5.32 Å². The van der Waals surface area contributed by atoms with Crippen molar-refractivity contribution < 1.29 is 32.3 Å². The predicted molar refractivity (Wildman–Crippen MR) is 92.5 cm³/mol. The molecule has 2 aromatic carbocycles.